The number of benzene rings is 3. The first kappa shape index (κ1) is 22.2. The van der Waals surface area contributed by atoms with E-state index in [1.807, 2.05) is 52.6 Å². The molecule has 0 radical (unpaired) electrons. The highest BCUT2D eigenvalue weighted by atomic mass is 19.1. The van der Waals surface area contributed by atoms with Crippen molar-refractivity contribution in [2.24, 2.45) is 0 Å². The van der Waals surface area contributed by atoms with Crippen LogP contribution in [0.25, 0.3) is 27.9 Å². The summed E-state index contributed by atoms with van der Waals surface area (Å²) in [5, 5.41) is 10.1. The normalized spacial score (nSPS) is 16.1. The molecule has 6 rings (SSSR count). The number of nitrogens with zero attached hydrogens (tertiary/aromatic N) is 6. The number of halogens is 1. The Morgan fingerprint density at radius 3 is 2.56 bits per heavy atom. The quantitative estimate of drug-likeness (QED) is 0.373. The van der Waals surface area contributed by atoms with Crippen molar-refractivity contribution in [2.75, 3.05) is 24.5 Å². The van der Waals surface area contributed by atoms with E-state index in [4.69, 9.17) is 4.98 Å². The molecule has 180 valence electrons. The molecule has 3 aromatic carbocycles. The maximum atomic E-state index is 13.3. The third kappa shape index (κ3) is 3.75. The van der Waals surface area contributed by atoms with Crippen molar-refractivity contribution in [3.8, 4) is 11.4 Å². The lowest BCUT2D eigenvalue weighted by Gasteiger charge is -2.40. The molecule has 1 amide bonds. The SMILES string of the molecule is Cc1cccc(-c2nnc3c4ccccc4nc(N4CCN(C(=O)c5ccc(F)cc5)C(C)C4)n23)c1. The minimum Gasteiger partial charge on any atom is -0.338 e. The van der Waals surface area contributed by atoms with Gasteiger partial charge in [-0.15, -0.1) is 10.2 Å². The summed E-state index contributed by atoms with van der Waals surface area (Å²) < 4.78 is 15.4. The predicted octanol–water partition coefficient (Wildman–Crippen LogP) is 4.74. The van der Waals surface area contributed by atoms with Gasteiger partial charge in [-0.25, -0.2) is 13.8 Å². The third-order valence-corrected chi connectivity index (χ3v) is 6.77. The number of carbonyl (C=O) groups is 1. The molecule has 1 aliphatic rings. The van der Waals surface area contributed by atoms with Gasteiger partial charge in [-0.2, -0.15) is 0 Å². The molecular formula is C28H25FN6O. The average Bonchev–Trinajstić information content (AvgIpc) is 3.34. The molecule has 0 bridgehead atoms. The molecule has 2 aromatic heterocycles. The van der Waals surface area contributed by atoms with Crippen molar-refractivity contribution in [1.29, 1.82) is 0 Å². The highest BCUT2D eigenvalue weighted by molar-refractivity contribution is 5.95. The number of aromatic nitrogens is 4. The van der Waals surface area contributed by atoms with Gasteiger partial charge < -0.3 is 9.80 Å². The van der Waals surface area contributed by atoms with E-state index < -0.39 is 0 Å². The summed E-state index contributed by atoms with van der Waals surface area (Å²) in [6.07, 6.45) is 0. The lowest BCUT2D eigenvalue weighted by Crippen LogP contribution is -2.54. The summed E-state index contributed by atoms with van der Waals surface area (Å²) in [7, 11) is 0. The second-order valence-corrected chi connectivity index (χ2v) is 9.28. The Morgan fingerprint density at radius 1 is 0.972 bits per heavy atom. The molecule has 0 saturated carbocycles. The second kappa shape index (κ2) is 8.71. The Morgan fingerprint density at radius 2 is 1.78 bits per heavy atom. The molecule has 0 spiro atoms. The van der Waals surface area contributed by atoms with Crippen LogP contribution in [0.4, 0.5) is 10.3 Å². The zero-order valence-corrected chi connectivity index (χ0v) is 20.1. The van der Waals surface area contributed by atoms with Crippen molar-refractivity contribution < 1.29 is 9.18 Å². The number of piperazine rings is 1. The van der Waals surface area contributed by atoms with Crippen molar-refractivity contribution in [3.63, 3.8) is 0 Å². The fourth-order valence-electron chi connectivity index (χ4n) is 4.95. The Balaban J connectivity index is 1.41. The van der Waals surface area contributed by atoms with Crippen molar-refractivity contribution in [1.82, 2.24) is 24.5 Å². The number of amides is 1. The van der Waals surface area contributed by atoms with Gasteiger partial charge in [0.15, 0.2) is 11.5 Å². The van der Waals surface area contributed by atoms with Gasteiger partial charge in [-0.1, -0.05) is 35.9 Å². The summed E-state index contributed by atoms with van der Waals surface area (Å²) in [6, 6.07) is 21.8. The van der Waals surface area contributed by atoms with E-state index in [0.29, 0.717) is 25.2 Å². The standard InChI is InChI=1S/C28H25FN6O/c1-18-6-5-7-21(16-18)25-31-32-26-23-8-3-4-9-24(23)30-28(35(25)26)33-14-15-34(19(2)17-33)27(36)20-10-12-22(29)13-11-20/h3-13,16,19H,14-15,17H2,1-2H3. The fraction of sp³-hybridized carbons (Fsp3) is 0.214. The zero-order chi connectivity index (χ0) is 24.8. The van der Waals surface area contributed by atoms with E-state index in [9.17, 15) is 9.18 Å². The minimum absolute atomic E-state index is 0.0708. The maximum Gasteiger partial charge on any atom is 0.254 e. The van der Waals surface area contributed by atoms with Crippen LogP contribution in [0.15, 0.2) is 72.8 Å². The molecule has 3 heterocycles. The monoisotopic (exact) mass is 480 g/mol. The molecule has 0 N–H and O–H groups in total. The maximum absolute atomic E-state index is 13.3. The number of rotatable bonds is 3. The second-order valence-electron chi connectivity index (χ2n) is 9.28. The van der Waals surface area contributed by atoms with Gasteiger partial charge in [0.1, 0.15) is 5.82 Å². The number of hydrogen-bond acceptors (Lipinski definition) is 5. The highest BCUT2D eigenvalue weighted by Gasteiger charge is 2.31. The largest absolute Gasteiger partial charge is 0.338 e. The van der Waals surface area contributed by atoms with Gasteiger partial charge in [0.05, 0.1) is 5.52 Å². The summed E-state index contributed by atoms with van der Waals surface area (Å²) in [5.41, 5.74) is 4.20. The van der Waals surface area contributed by atoms with E-state index in [1.54, 1.807) is 0 Å². The summed E-state index contributed by atoms with van der Waals surface area (Å²) in [6.45, 7) is 5.80. The molecule has 7 nitrogen and oxygen atoms in total. The molecule has 1 aliphatic heterocycles. The van der Waals surface area contributed by atoms with Crippen LogP contribution in [0, 0.1) is 12.7 Å². The Hall–Kier alpha value is -4.33. The minimum atomic E-state index is -0.353. The number of aryl methyl sites for hydroxylation is 1. The molecule has 5 aromatic rings. The van der Waals surface area contributed by atoms with E-state index in [2.05, 4.69) is 34.2 Å². The Kier molecular flexibility index (Phi) is 5.36. The molecule has 0 aliphatic carbocycles. The van der Waals surface area contributed by atoms with Gasteiger partial charge >= 0.3 is 0 Å². The summed E-state index contributed by atoms with van der Waals surface area (Å²) >= 11 is 0. The number of hydrogen-bond donors (Lipinski definition) is 0. The van der Waals surface area contributed by atoms with Crippen molar-refractivity contribution in [2.45, 2.75) is 19.9 Å². The number of anilines is 1. The Labute approximate surface area is 207 Å². The first-order valence-corrected chi connectivity index (χ1v) is 12.0. The van der Waals surface area contributed by atoms with Crippen molar-refractivity contribution >= 4 is 28.4 Å². The van der Waals surface area contributed by atoms with Crippen LogP contribution in [-0.4, -0.2) is 56.1 Å². The van der Waals surface area contributed by atoms with E-state index >= 15 is 0 Å². The van der Waals surface area contributed by atoms with Gasteiger partial charge in [0.25, 0.3) is 5.91 Å². The Bertz CT molecular complexity index is 1600. The van der Waals surface area contributed by atoms with Crippen molar-refractivity contribution in [3.05, 3.63) is 89.7 Å². The molecular weight excluding hydrogens is 455 g/mol. The van der Waals surface area contributed by atoms with Gasteiger partial charge in [0, 0.05) is 42.2 Å². The summed E-state index contributed by atoms with van der Waals surface area (Å²) in [4.78, 5) is 22.2. The molecule has 1 fully saturated rings. The summed E-state index contributed by atoms with van der Waals surface area (Å²) in [5.74, 6) is 1.04. The first-order chi connectivity index (χ1) is 17.5. The number of para-hydroxylation sites is 1. The lowest BCUT2D eigenvalue weighted by atomic mass is 10.1. The van der Waals surface area contributed by atoms with Crippen LogP contribution in [0.2, 0.25) is 0 Å². The predicted molar refractivity (Wildman–Crippen MR) is 138 cm³/mol. The number of carbonyl (C=O) groups excluding carboxylic acids is 1. The average molecular weight is 481 g/mol. The topological polar surface area (TPSA) is 66.6 Å². The smallest absolute Gasteiger partial charge is 0.254 e. The lowest BCUT2D eigenvalue weighted by molar-refractivity contribution is 0.0673. The zero-order valence-electron chi connectivity index (χ0n) is 20.1. The molecule has 1 saturated heterocycles. The fourth-order valence-corrected chi connectivity index (χ4v) is 4.95. The number of fused-ring (bicyclic) bond motifs is 3. The van der Waals surface area contributed by atoms with Crippen LogP contribution >= 0.6 is 0 Å². The first-order valence-electron chi connectivity index (χ1n) is 12.0. The van der Waals surface area contributed by atoms with Gasteiger partial charge in [-0.3, -0.25) is 4.79 Å². The van der Waals surface area contributed by atoms with Gasteiger partial charge in [0.2, 0.25) is 5.95 Å². The third-order valence-electron chi connectivity index (χ3n) is 6.77. The van der Waals surface area contributed by atoms with Crippen LogP contribution < -0.4 is 4.90 Å². The highest BCUT2D eigenvalue weighted by Crippen LogP contribution is 2.30. The van der Waals surface area contributed by atoms with Crippen LogP contribution in [0.5, 0.6) is 0 Å². The molecule has 1 unspecified atom stereocenters. The van der Waals surface area contributed by atoms with Crippen LogP contribution in [0.3, 0.4) is 0 Å². The molecule has 36 heavy (non-hydrogen) atoms. The molecule has 1 atom stereocenters. The molecule has 8 heteroatoms. The van der Waals surface area contributed by atoms with Gasteiger partial charge in [-0.05, 0) is 56.3 Å². The van der Waals surface area contributed by atoms with E-state index in [1.165, 1.54) is 24.3 Å². The van der Waals surface area contributed by atoms with Crippen LogP contribution in [0.1, 0.15) is 22.8 Å². The van der Waals surface area contributed by atoms with Crippen LogP contribution in [-0.2, 0) is 0 Å². The van der Waals surface area contributed by atoms with E-state index in [-0.39, 0.29) is 17.8 Å². The van der Waals surface area contributed by atoms with E-state index in [0.717, 1.165) is 39.4 Å².